The van der Waals surface area contributed by atoms with E-state index in [1.807, 2.05) is 60.5 Å². The van der Waals surface area contributed by atoms with E-state index in [0.29, 0.717) is 43.8 Å². The summed E-state index contributed by atoms with van der Waals surface area (Å²) in [7, 11) is 0. The summed E-state index contributed by atoms with van der Waals surface area (Å²) in [4.78, 5) is 4.19. The minimum atomic E-state index is -0.932. The van der Waals surface area contributed by atoms with Crippen molar-refractivity contribution in [1.82, 2.24) is 10.4 Å². The molecule has 2 unspecified atom stereocenters. The molecule has 0 amide bonds. The molecule has 8 heteroatoms. The van der Waals surface area contributed by atoms with Gasteiger partial charge in [-0.2, -0.15) is 5.01 Å². The highest BCUT2D eigenvalue weighted by atomic mass is 35.5. The molecule has 2 atom stereocenters. The standard InChI is InChI=1S/C21H24ClN3O4/c1-2-26-19-5-3-4-6-20(19)27-11-18-12-28-21(29-18,13-25-15-23-14-24-25)16-7-9-17(22)10-8-16/h3-10,14,18H,2,11-13,15H2,1H3,(H,23,24). The first-order valence-corrected chi connectivity index (χ1v) is 9.98. The number of hydrogen-bond donors (Lipinski definition) is 1. The second kappa shape index (κ2) is 9.00. The average molecular weight is 418 g/mol. The second-order valence-electron chi connectivity index (χ2n) is 6.78. The van der Waals surface area contributed by atoms with Gasteiger partial charge in [0.25, 0.3) is 0 Å². The summed E-state index contributed by atoms with van der Waals surface area (Å²) in [5.41, 5.74) is 3.99. The predicted octanol–water partition coefficient (Wildman–Crippen LogP) is 3.19. The number of benzene rings is 2. The van der Waals surface area contributed by atoms with Gasteiger partial charge in [-0.3, -0.25) is 4.99 Å². The molecule has 154 valence electrons. The number of nitrogens with one attached hydrogen (secondary N) is 1. The first kappa shape index (κ1) is 20.0. The molecule has 29 heavy (non-hydrogen) atoms. The maximum atomic E-state index is 6.39. The minimum Gasteiger partial charge on any atom is -0.490 e. The Hall–Kier alpha value is -2.32. The van der Waals surface area contributed by atoms with Gasteiger partial charge in [0.05, 0.1) is 26.1 Å². The SMILES string of the molecule is CCOc1ccccc1OCC1COC(CN2CN=CN2)(c2ccc(Cl)cc2)O1. The summed E-state index contributed by atoms with van der Waals surface area (Å²) in [6.45, 7) is 4.29. The second-order valence-corrected chi connectivity index (χ2v) is 7.22. The molecule has 2 aromatic rings. The number of aliphatic imine (C=N–C) groups is 1. The van der Waals surface area contributed by atoms with E-state index in [0.717, 1.165) is 11.3 Å². The summed E-state index contributed by atoms with van der Waals surface area (Å²) in [5.74, 6) is 0.478. The highest BCUT2D eigenvalue weighted by Crippen LogP contribution is 2.36. The summed E-state index contributed by atoms with van der Waals surface area (Å²) < 4.78 is 24.2. The van der Waals surface area contributed by atoms with Crippen LogP contribution in [-0.4, -0.2) is 50.5 Å². The van der Waals surface area contributed by atoms with Crippen molar-refractivity contribution in [3.63, 3.8) is 0 Å². The van der Waals surface area contributed by atoms with E-state index in [1.54, 1.807) is 6.34 Å². The Balaban J connectivity index is 1.46. The number of nitrogens with zero attached hydrogens (tertiary/aromatic N) is 2. The zero-order valence-corrected chi connectivity index (χ0v) is 17.0. The fourth-order valence-corrected chi connectivity index (χ4v) is 3.48. The lowest BCUT2D eigenvalue weighted by molar-refractivity contribution is -0.193. The molecule has 0 bridgehead atoms. The molecule has 4 rings (SSSR count). The highest BCUT2D eigenvalue weighted by Gasteiger charge is 2.45. The van der Waals surface area contributed by atoms with E-state index < -0.39 is 5.79 Å². The van der Waals surface area contributed by atoms with Crippen LogP contribution in [0.3, 0.4) is 0 Å². The zero-order chi connectivity index (χ0) is 20.1. The summed E-state index contributed by atoms with van der Waals surface area (Å²) in [6.07, 6.45) is 1.43. The van der Waals surface area contributed by atoms with E-state index in [1.165, 1.54) is 0 Å². The van der Waals surface area contributed by atoms with E-state index in [4.69, 9.17) is 30.5 Å². The molecule has 0 spiro atoms. The molecule has 2 aliphatic heterocycles. The van der Waals surface area contributed by atoms with Gasteiger partial charge in [-0.1, -0.05) is 35.9 Å². The first-order chi connectivity index (χ1) is 14.2. The van der Waals surface area contributed by atoms with Gasteiger partial charge in [0, 0.05) is 10.6 Å². The van der Waals surface area contributed by atoms with Gasteiger partial charge in [-0.25, -0.2) is 0 Å². The Kier molecular flexibility index (Phi) is 6.20. The Morgan fingerprint density at radius 1 is 1.17 bits per heavy atom. The number of ether oxygens (including phenoxy) is 4. The predicted molar refractivity (Wildman–Crippen MR) is 110 cm³/mol. The van der Waals surface area contributed by atoms with Crippen molar-refractivity contribution in [2.24, 2.45) is 4.99 Å². The van der Waals surface area contributed by atoms with Gasteiger partial charge in [0.15, 0.2) is 11.5 Å². The van der Waals surface area contributed by atoms with Gasteiger partial charge < -0.3 is 24.4 Å². The van der Waals surface area contributed by atoms with Crippen LogP contribution < -0.4 is 14.9 Å². The van der Waals surface area contributed by atoms with Gasteiger partial charge >= 0.3 is 0 Å². The lowest BCUT2D eigenvalue weighted by atomic mass is 10.1. The Bertz CT molecular complexity index is 840. The third-order valence-corrected chi connectivity index (χ3v) is 4.95. The topological polar surface area (TPSA) is 64.5 Å². The maximum absolute atomic E-state index is 6.39. The normalized spacial score (nSPS) is 23.9. The molecule has 7 nitrogen and oxygen atoms in total. The van der Waals surface area contributed by atoms with Crippen LogP contribution in [0.4, 0.5) is 0 Å². The molecule has 0 saturated carbocycles. The van der Waals surface area contributed by atoms with Crippen molar-refractivity contribution in [2.45, 2.75) is 18.8 Å². The fourth-order valence-electron chi connectivity index (χ4n) is 3.35. The molecule has 0 aliphatic carbocycles. The van der Waals surface area contributed by atoms with Crippen molar-refractivity contribution < 1.29 is 18.9 Å². The van der Waals surface area contributed by atoms with Gasteiger partial charge in [-0.05, 0) is 31.2 Å². The third kappa shape index (κ3) is 4.64. The van der Waals surface area contributed by atoms with E-state index >= 15 is 0 Å². The minimum absolute atomic E-state index is 0.233. The molecule has 2 heterocycles. The van der Waals surface area contributed by atoms with Crippen molar-refractivity contribution in [1.29, 1.82) is 0 Å². The largest absolute Gasteiger partial charge is 0.490 e. The lowest BCUT2D eigenvalue weighted by Gasteiger charge is -2.32. The van der Waals surface area contributed by atoms with Crippen LogP contribution in [0.2, 0.25) is 5.02 Å². The molecular formula is C21H24ClN3O4. The number of rotatable bonds is 8. The van der Waals surface area contributed by atoms with Crippen LogP contribution in [0.25, 0.3) is 0 Å². The summed E-state index contributed by atoms with van der Waals surface area (Å²) in [5, 5.41) is 2.60. The smallest absolute Gasteiger partial charge is 0.210 e. The first-order valence-electron chi connectivity index (χ1n) is 9.60. The van der Waals surface area contributed by atoms with E-state index in [-0.39, 0.29) is 6.10 Å². The van der Waals surface area contributed by atoms with Crippen molar-refractivity contribution in [3.05, 3.63) is 59.1 Å². The molecule has 2 aromatic carbocycles. The van der Waals surface area contributed by atoms with Crippen LogP contribution in [-0.2, 0) is 15.3 Å². The monoisotopic (exact) mass is 417 g/mol. The van der Waals surface area contributed by atoms with E-state index in [2.05, 4.69) is 10.4 Å². The highest BCUT2D eigenvalue weighted by molar-refractivity contribution is 6.30. The number of hydrogen-bond acceptors (Lipinski definition) is 7. The fraction of sp³-hybridized carbons (Fsp3) is 0.381. The molecular weight excluding hydrogens is 394 g/mol. The van der Waals surface area contributed by atoms with Crippen molar-refractivity contribution >= 4 is 17.9 Å². The molecule has 1 saturated heterocycles. The summed E-state index contributed by atoms with van der Waals surface area (Å²) >= 11 is 6.06. The Labute approximate surface area is 175 Å². The van der Waals surface area contributed by atoms with Gasteiger partial charge in [0.1, 0.15) is 19.4 Å². The average Bonchev–Trinajstić information content (AvgIpc) is 3.39. The Morgan fingerprint density at radius 2 is 1.93 bits per heavy atom. The molecule has 1 fully saturated rings. The van der Waals surface area contributed by atoms with Crippen LogP contribution in [0.1, 0.15) is 12.5 Å². The number of para-hydroxylation sites is 2. The van der Waals surface area contributed by atoms with Gasteiger partial charge in [-0.15, -0.1) is 0 Å². The van der Waals surface area contributed by atoms with Crippen molar-refractivity contribution in [2.75, 3.05) is 33.0 Å². The van der Waals surface area contributed by atoms with Crippen LogP contribution in [0.5, 0.6) is 11.5 Å². The molecule has 1 N–H and O–H groups in total. The third-order valence-electron chi connectivity index (χ3n) is 4.70. The molecule has 0 radical (unpaired) electrons. The van der Waals surface area contributed by atoms with Crippen molar-refractivity contribution in [3.8, 4) is 11.5 Å². The molecule has 2 aliphatic rings. The van der Waals surface area contributed by atoms with Gasteiger partial charge in [0.2, 0.25) is 5.79 Å². The van der Waals surface area contributed by atoms with E-state index in [9.17, 15) is 0 Å². The maximum Gasteiger partial charge on any atom is 0.210 e. The van der Waals surface area contributed by atoms with Crippen LogP contribution in [0.15, 0.2) is 53.5 Å². The Morgan fingerprint density at radius 3 is 2.62 bits per heavy atom. The summed E-state index contributed by atoms with van der Waals surface area (Å²) in [6, 6.07) is 15.1. The zero-order valence-electron chi connectivity index (χ0n) is 16.2. The van der Waals surface area contributed by atoms with Crippen LogP contribution in [0, 0.1) is 0 Å². The number of hydrazine groups is 1. The quantitative estimate of drug-likeness (QED) is 0.711. The molecule has 0 aromatic heterocycles. The number of halogens is 1. The lowest BCUT2D eigenvalue weighted by Crippen LogP contribution is -2.46. The van der Waals surface area contributed by atoms with Crippen LogP contribution >= 0.6 is 11.6 Å².